The molecular weight excluding hydrogens is 989 g/mol. The summed E-state index contributed by atoms with van der Waals surface area (Å²) in [5.74, 6) is 0. The predicted octanol–water partition coefficient (Wildman–Crippen LogP) is 21.7. The van der Waals surface area contributed by atoms with Gasteiger partial charge in [-0.25, -0.2) is 0 Å². The zero-order valence-corrected chi connectivity index (χ0v) is 44.7. The van der Waals surface area contributed by atoms with E-state index in [0.29, 0.717) is 0 Å². The van der Waals surface area contributed by atoms with E-state index in [0.717, 1.165) is 147 Å². The van der Waals surface area contributed by atoms with Gasteiger partial charge in [0, 0.05) is 54.8 Å². The molecule has 3 aromatic heterocycles. The molecule has 5 nitrogen and oxygen atoms in total. The van der Waals surface area contributed by atoms with Gasteiger partial charge in [0.05, 0.1) is 22.7 Å². The Morgan fingerprint density at radius 3 is 1.12 bits per heavy atom. The largest absolute Gasteiger partial charge is 0.456 e. The molecule has 12 aromatic carbocycles. The molecule has 5 heteroatoms. The summed E-state index contributed by atoms with van der Waals surface area (Å²) >= 11 is 0. The van der Waals surface area contributed by atoms with Gasteiger partial charge in [-0.1, -0.05) is 133 Å². The molecule has 0 aliphatic heterocycles. The van der Waals surface area contributed by atoms with Gasteiger partial charge in [-0.2, -0.15) is 0 Å². The molecule has 17 rings (SSSR count). The number of hydrogen-bond donors (Lipinski definition) is 0. The number of furan rings is 3. The van der Waals surface area contributed by atoms with Crippen molar-refractivity contribution in [2.75, 3.05) is 9.80 Å². The second-order valence-electron chi connectivity index (χ2n) is 22.5. The molecule has 0 fully saturated rings. The van der Waals surface area contributed by atoms with Crippen LogP contribution in [0.25, 0.3) is 110 Å². The molecule has 15 aromatic rings. The lowest BCUT2D eigenvalue weighted by Crippen LogP contribution is -2.14. The Hall–Kier alpha value is -9.84. The Kier molecular flexibility index (Phi) is 10.5. The summed E-state index contributed by atoms with van der Waals surface area (Å²) in [4.78, 5) is 4.89. The Labute approximate surface area is 468 Å². The molecule has 0 saturated carbocycles. The summed E-state index contributed by atoms with van der Waals surface area (Å²) in [6.07, 6.45) is 9.15. The van der Waals surface area contributed by atoms with E-state index in [1.807, 2.05) is 0 Å². The molecule has 0 N–H and O–H groups in total. The smallest absolute Gasteiger partial charge is 0.159 e. The number of rotatable bonds is 8. The van der Waals surface area contributed by atoms with Crippen molar-refractivity contribution in [3.63, 3.8) is 0 Å². The Bertz CT molecular complexity index is 4710. The highest BCUT2D eigenvalue weighted by molar-refractivity contribution is 6.16. The third kappa shape index (κ3) is 7.52. The van der Waals surface area contributed by atoms with Gasteiger partial charge in [0.15, 0.2) is 11.2 Å². The fourth-order valence-corrected chi connectivity index (χ4v) is 13.8. The third-order valence-electron chi connectivity index (χ3n) is 17.7. The maximum absolute atomic E-state index is 7.01. The van der Waals surface area contributed by atoms with Crippen molar-refractivity contribution in [3.05, 3.63) is 253 Å². The molecule has 0 saturated heterocycles. The lowest BCUT2D eigenvalue weighted by molar-refractivity contribution is 0.668. The second kappa shape index (κ2) is 18.4. The highest BCUT2D eigenvalue weighted by Crippen LogP contribution is 2.50. The first-order valence-electron chi connectivity index (χ1n) is 28.8. The first kappa shape index (κ1) is 46.1. The molecule has 0 amide bonds. The normalized spacial score (nSPS) is 13.5. The van der Waals surface area contributed by atoms with Gasteiger partial charge >= 0.3 is 0 Å². The molecule has 0 atom stereocenters. The van der Waals surface area contributed by atoms with E-state index in [9.17, 15) is 0 Å². The standard InChI is InChI=1S/C76H54N2O3/c1-3-17-47(18-4-1)63-39-49-21-7-9-23-51(49)43-69(63)77(67-29-15-27-61-59-25-11-13-31-71(59)80-75(61)67)57-35-33-53-41-65-66-42-54-34-36-58(38-56(54)46-74(66)79-73(65)45-55(53)37-57)78(68-30-16-28-62-60-26-12-14-32-72(60)81-76(62)68)70-44-52-24-10-8-22-50(52)40-64(70)48-19-5-2-6-20-48/h1-6,11-20,25-46H,7-10,21-24H2. The molecule has 0 radical (unpaired) electrons. The van der Waals surface area contributed by atoms with Crippen molar-refractivity contribution >= 4 is 121 Å². The highest BCUT2D eigenvalue weighted by atomic mass is 16.3. The van der Waals surface area contributed by atoms with Crippen LogP contribution in [0.5, 0.6) is 0 Å². The van der Waals surface area contributed by atoms with Crippen LogP contribution < -0.4 is 9.80 Å². The molecule has 3 heterocycles. The van der Waals surface area contributed by atoms with Crippen molar-refractivity contribution in [1.82, 2.24) is 0 Å². The summed E-state index contributed by atoms with van der Waals surface area (Å²) in [7, 11) is 0. The van der Waals surface area contributed by atoms with E-state index in [1.54, 1.807) is 0 Å². The van der Waals surface area contributed by atoms with Crippen LogP contribution in [-0.2, 0) is 25.7 Å². The number of benzene rings is 12. The number of fused-ring (bicyclic) bond motifs is 13. The summed E-state index contributed by atoms with van der Waals surface area (Å²) in [5.41, 5.74) is 22.2. The van der Waals surface area contributed by atoms with Crippen molar-refractivity contribution in [2.24, 2.45) is 0 Å². The molecule has 0 spiro atoms. The van der Waals surface area contributed by atoms with Crippen LogP contribution >= 0.6 is 0 Å². The number of aryl methyl sites for hydroxylation is 4. The Morgan fingerprint density at radius 1 is 0.259 bits per heavy atom. The fraction of sp³-hybridized carbons (Fsp3) is 0.105. The Morgan fingerprint density at radius 2 is 0.667 bits per heavy atom. The van der Waals surface area contributed by atoms with Crippen LogP contribution in [0.4, 0.5) is 34.1 Å². The van der Waals surface area contributed by atoms with Crippen molar-refractivity contribution in [1.29, 1.82) is 0 Å². The molecule has 81 heavy (non-hydrogen) atoms. The maximum atomic E-state index is 7.01. The van der Waals surface area contributed by atoms with Gasteiger partial charge in [0.25, 0.3) is 0 Å². The zero-order chi connectivity index (χ0) is 53.1. The summed E-state index contributed by atoms with van der Waals surface area (Å²) in [6.45, 7) is 0. The lowest BCUT2D eigenvalue weighted by atomic mass is 9.87. The van der Waals surface area contributed by atoms with Gasteiger partial charge in [0.2, 0.25) is 0 Å². The molecule has 0 unspecified atom stereocenters. The van der Waals surface area contributed by atoms with Crippen molar-refractivity contribution in [2.45, 2.75) is 51.4 Å². The topological polar surface area (TPSA) is 45.9 Å². The number of para-hydroxylation sites is 4. The predicted molar refractivity (Wildman–Crippen MR) is 337 cm³/mol. The zero-order valence-electron chi connectivity index (χ0n) is 44.7. The van der Waals surface area contributed by atoms with Gasteiger partial charge in [-0.15, -0.1) is 0 Å². The molecule has 0 bridgehead atoms. The first-order chi connectivity index (χ1) is 40.1. The van der Waals surface area contributed by atoms with Crippen LogP contribution in [-0.4, -0.2) is 0 Å². The summed E-state index contributed by atoms with van der Waals surface area (Å²) < 4.78 is 20.7. The minimum Gasteiger partial charge on any atom is -0.456 e. The van der Waals surface area contributed by atoms with E-state index in [1.165, 1.54) is 70.2 Å². The fourth-order valence-electron chi connectivity index (χ4n) is 13.8. The molecule has 2 aliphatic rings. The van der Waals surface area contributed by atoms with E-state index in [-0.39, 0.29) is 0 Å². The summed E-state index contributed by atoms with van der Waals surface area (Å²) in [5, 5.41) is 11.1. The highest BCUT2D eigenvalue weighted by Gasteiger charge is 2.28. The Balaban J connectivity index is 0.836. The van der Waals surface area contributed by atoms with Crippen LogP contribution in [0.1, 0.15) is 47.9 Å². The van der Waals surface area contributed by atoms with Gasteiger partial charge in [0.1, 0.15) is 22.3 Å². The first-order valence-corrected chi connectivity index (χ1v) is 28.8. The minimum atomic E-state index is 0.856. The minimum absolute atomic E-state index is 0.856. The number of anilines is 6. The SMILES string of the molecule is c1ccc(-c2cc3c(cc2N(c2ccc4cc5c(cc4c2)oc2cc4cc(N(c6cc7c(cc6-c6ccccc6)CCCC7)c6cccc7c6oc6ccccc67)ccc4cc25)c2cccc4c2oc2ccccc24)CCCC3)cc1. The lowest BCUT2D eigenvalue weighted by Gasteiger charge is -2.30. The van der Waals surface area contributed by atoms with Crippen LogP contribution in [0, 0.1) is 0 Å². The van der Waals surface area contributed by atoms with Gasteiger partial charge < -0.3 is 23.1 Å². The van der Waals surface area contributed by atoms with E-state index in [4.69, 9.17) is 13.3 Å². The van der Waals surface area contributed by atoms with Gasteiger partial charge in [-0.05, 0) is 203 Å². The molecule has 386 valence electrons. The van der Waals surface area contributed by atoms with Gasteiger partial charge in [-0.3, -0.25) is 0 Å². The van der Waals surface area contributed by atoms with E-state index in [2.05, 4.69) is 240 Å². The van der Waals surface area contributed by atoms with Crippen LogP contribution in [0.3, 0.4) is 0 Å². The average molecular weight is 1040 g/mol. The van der Waals surface area contributed by atoms with Crippen LogP contribution in [0.15, 0.2) is 244 Å². The average Bonchev–Trinajstić information content (AvgIpc) is 4.43. The molecular formula is C76H54N2O3. The quantitative estimate of drug-likeness (QED) is 0.152. The maximum Gasteiger partial charge on any atom is 0.159 e. The summed E-state index contributed by atoms with van der Waals surface area (Å²) in [6, 6.07) is 84.5. The number of hydrogen-bond acceptors (Lipinski definition) is 5. The van der Waals surface area contributed by atoms with Crippen LogP contribution in [0.2, 0.25) is 0 Å². The van der Waals surface area contributed by atoms with E-state index >= 15 is 0 Å². The number of nitrogens with zero attached hydrogens (tertiary/aromatic N) is 2. The third-order valence-corrected chi connectivity index (χ3v) is 17.7. The van der Waals surface area contributed by atoms with E-state index < -0.39 is 0 Å². The van der Waals surface area contributed by atoms with Crippen molar-refractivity contribution in [3.8, 4) is 22.3 Å². The molecule has 2 aliphatic carbocycles. The monoisotopic (exact) mass is 1040 g/mol. The van der Waals surface area contributed by atoms with Crippen molar-refractivity contribution < 1.29 is 13.3 Å². The second-order valence-corrected chi connectivity index (χ2v) is 22.5.